The molecule has 20 unspecified atom stereocenters. The van der Waals surface area contributed by atoms with Gasteiger partial charge in [0.2, 0.25) is 29.9 Å². The maximum atomic E-state index is 15.0. The van der Waals surface area contributed by atoms with Crippen LogP contribution in [0.4, 0.5) is 0 Å². The van der Waals surface area contributed by atoms with Gasteiger partial charge in [-0.05, 0) is 46.5 Å². The number of benzene rings is 4. The number of methoxy groups -OCH3 is 1. The second-order valence-electron chi connectivity index (χ2n) is 25.6. The summed E-state index contributed by atoms with van der Waals surface area (Å²) in [5, 5.41) is 155. The van der Waals surface area contributed by atoms with Gasteiger partial charge in [-0.1, -0.05) is 85.8 Å². The largest absolute Gasteiger partial charge is 0.493 e. The molecule has 3 fully saturated rings. The monoisotopic (exact) mass is 1470 g/mol. The molecule has 0 aromatic heterocycles. The van der Waals surface area contributed by atoms with Gasteiger partial charge in [0, 0.05) is 12.3 Å². The number of ether oxygens (including phenoxy) is 8. The third-order valence-corrected chi connectivity index (χ3v) is 18.5. The molecule has 0 saturated carbocycles. The van der Waals surface area contributed by atoms with Crippen molar-refractivity contribution in [2.45, 2.75) is 179 Å². The number of nitrogens with zero attached hydrogens (tertiary/aromatic N) is 3. The lowest BCUT2D eigenvalue weighted by Gasteiger charge is -2.46. The normalized spacial score (nSPS) is 29.9. The van der Waals surface area contributed by atoms with Crippen molar-refractivity contribution in [1.29, 1.82) is 0 Å². The summed E-state index contributed by atoms with van der Waals surface area (Å²) in [6.45, 7) is -2.05. The van der Waals surface area contributed by atoms with E-state index in [0.29, 0.717) is 22.6 Å². The minimum absolute atomic E-state index is 0.0397. The summed E-state index contributed by atoms with van der Waals surface area (Å²) in [5.41, 5.74) is 21.1. The van der Waals surface area contributed by atoms with Gasteiger partial charge in [0.1, 0.15) is 128 Å². The number of rotatable bonds is 33. The van der Waals surface area contributed by atoms with Crippen molar-refractivity contribution < 1.29 is 128 Å². The van der Waals surface area contributed by atoms with Crippen LogP contribution in [0, 0.1) is 0 Å². The summed E-state index contributed by atoms with van der Waals surface area (Å²) < 4.78 is 46.7. The van der Waals surface area contributed by atoms with Gasteiger partial charge < -0.3 is 158 Å². The lowest BCUT2D eigenvalue weighted by Crippen LogP contribution is -2.70. The first-order chi connectivity index (χ1) is 49.8. The van der Waals surface area contributed by atoms with Crippen molar-refractivity contribution >= 4 is 41.8 Å². The van der Waals surface area contributed by atoms with Gasteiger partial charge in [-0.3, -0.25) is 29.2 Å². The number of aliphatic hydroxyl groups excluding tert-OH is 13. The Balaban J connectivity index is 0.902. The number of aldehydes is 1. The Bertz CT molecular complexity index is 3540. The fourth-order valence-corrected chi connectivity index (χ4v) is 12.4. The summed E-state index contributed by atoms with van der Waals surface area (Å²) in [7, 11) is 1.49. The average Bonchev–Trinajstić information content (AvgIpc) is 1.15. The second kappa shape index (κ2) is 36.5. The van der Waals surface area contributed by atoms with Crippen molar-refractivity contribution in [1.82, 2.24) is 31.5 Å². The standard InChI is InChI=1S/C67H91N11O26/c1-30(34-11-7-4-8-12-34)45(68)60(94)74-37(59(93)76-46(48(83)38-21-71-66(69)75-38)62(96)77-47(61(95)73-35(23-79)24-80)49(84)39-22-72-67(70)78(39)63-55(90)52(87)50(85)42(25-81)101-63)19-31-13-16-36(17-14-31)100-64-57(92)54(89)58(43(26-82)102-64)104-65-56(91)53(88)51(86)44(103-65)29-98-27-33-15-18-40(97-2)41(20-33)99-28-32-9-5-3-6-10-32/h3-18,20,23,30,35,37-39,42-58,63-65,80-92H,19,21-22,24-29,68H2,1-2H3,(H2,70,72)(H,73,95)(H,74,94)(H,76,93)(H,77,96)(H3,69,71,75)/t30?,35-,37+,38?,39?,42?,43?,44?,45+,46+,47+,48?,49?,50?,51?,52?,53?,54?,55?,56?,57?,58?,63?,64?,65?/m1/s1. The number of nitrogens with two attached hydrogens (primary N) is 3. The lowest BCUT2D eigenvalue weighted by atomic mass is 9.93. The average molecular weight is 1470 g/mol. The number of carbonyl (C=O) groups is 5. The third-order valence-electron chi connectivity index (χ3n) is 18.5. The van der Waals surface area contributed by atoms with Crippen molar-refractivity contribution in [2.24, 2.45) is 27.2 Å². The molecule has 24 N–H and O–H groups in total. The van der Waals surface area contributed by atoms with Crippen molar-refractivity contribution in [3.05, 3.63) is 125 Å². The molecule has 0 spiro atoms. The van der Waals surface area contributed by atoms with E-state index in [1.807, 2.05) is 30.3 Å². The van der Waals surface area contributed by atoms with Crippen LogP contribution in [0.2, 0.25) is 0 Å². The molecular weight excluding hydrogens is 1370 g/mol. The van der Waals surface area contributed by atoms with E-state index in [2.05, 4.69) is 36.6 Å². The zero-order valence-corrected chi connectivity index (χ0v) is 56.4. The summed E-state index contributed by atoms with van der Waals surface area (Å²) in [5.74, 6) is -5.32. The zero-order valence-electron chi connectivity index (χ0n) is 56.4. The van der Waals surface area contributed by atoms with Gasteiger partial charge >= 0.3 is 0 Å². The first kappa shape index (κ1) is 79.7. The number of aliphatic imine (C=N–C) groups is 2. The van der Waals surface area contributed by atoms with Crippen LogP contribution in [0.15, 0.2) is 113 Å². The van der Waals surface area contributed by atoms with Crippen LogP contribution in [-0.4, -0.2) is 306 Å². The van der Waals surface area contributed by atoms with Gasteiger partial charge in [-0.2, -0.15) is 0 Å². The van der Waals surface area contributed by atoms with Crippen LogP contribution in [0.3, 0.4) is 0 Å². The van der Waals surface area contributed by atoms with Crippen molar-refractivity contribution in [2.75, 3.05) is 46.6 Å². The smallest absolute Gasteiger partial charge is 0.246 e. The van der Waals surface area contributed by atoms with E-state index in [1.165, 1.54) is 31.4 Å². The van der Waals surface area contributed by atoms with E-state index in [0.717, 1.165) is 10.5 Å². The Hall–Kier alpha value is -8.39. The number of hydrogen-bond acceptors (Lipinski definition) is 33. The SMILES string of the molecule is COc1ccc(COCC2OC(OC3C(CO)OC(Oc4ccc(C[C@H](NC(=O)[C@@H](N)C(C)c5ccccc5)C(=O)N[C@H](C(=O)N[C@H](C(=O)N[C@H](C=O)CO)C(O)C5CN=C(N)N5C5OC(CO)C(O)C(O)C5O)C(O)C5CN=C(N)N5)cc4)C(O)C3O)C(O)C(O)C2O)cc1OCc1ccccc1. The molecule has 37 nitrogen and oxygen atoms in total. The van der Waals surface area contributed by atoms with Crippen molar-refractivity contribution in [3.63, 3.8) is 0 Å². The number of carbonyl (C=O) groups excluding carboxylic acids is 5. The highest BCUT2D eigenvalue weighted by Gasteiger charge is 2.54. The molecular formula is C67H91N11O26. The summed E-state index contributed by atoms with van der Waals surface area (Å²) in [6, 6.07) is 16.7. The fourth-order valence-electron chi connectivity index (χ4n) is 12.4. The number of aliphatic hydroxyl groups is 13. The molecule has 5 heterocycles. The van der Waals surface area contributed by atoms with Gasteiger partial charge in [-0.25, -0.2) is 0 Å². The quantitative estimate of drug-likeness (QED) is 0.0197. The number of nitrogens with one attached hydrogen (secondary N) is 5. The van der Waals surface area contributed by atoms with E-state index < -0.39 is 215 Å². The predicted molar refractivity (Wildman–Crippen MR) is 359 cm³/mol. The molecule has 0 bridgehead atoms. The topological polar surface area (TPSA) is 588 Å². The van der Waals surface area contributed by atoms with Gasteiger partial charge in [-0.15, -0.1) is 0 Å². The molecule has 25 atom stereocenters. The summed E-state index contributed by atoms with van der Waals surface area (Å²) in [4.78, 5) is 79.4. The van der Waals surface area contributed by atoms with Crippen LogP contribution in [-0.2, 0) is 67.3 Å². The maximum absolute atomic E-state index is 15.0. The lowest BCUT2D eigenvalue weighted by molar-refractivity contribution is -0.353. The molecule has 4 amide bonds. The highest BCUT2D eigenvalue weighted by molar-refractivity contribution is 5.96. The molecule has 3 saturated heterocycles. The Morgan fingerprint density at radius 2 is 1.26 bits per heavy atom. The number of guanidine groups is 2. The summed E-state index contributed by atoms with van der Waals surface area (Å²) >= 11 is 0. The number of amides is 4. The zero-order chi connectivity index (χ0) is 75.2. The predicted octanol–water partition coefficient (Wildman–Crippen LogP) is -8.89. The molecule has 5 aliphatic heterocycles. The first-order valence-corrected chi connectivity index (χ1v) is 33.3. The molecule has 0 aliphatic carbocycles. The van der Waals surface area contributed by atoms with Crippen molar-refractivity contribution in [3.8, 4) is 17.2 Å². The Kier molecular flexibility index (Phi) is 28.0. The fraction of sp³-hybridized carbons (Fsp3) is 0.537. The maximum Gasteiger partial charge on any atom is 0.246 e. The molecule has 104 heavy (non-hydrogen) atoms. The van der Waals surface area contributed by atoms with Crippen LogP contribution >= 0.6 is 0 Å². The Morgan fingerprint density at radius 3 is 1.90 bits per heavy atom. The van der Waals surface area contributed by atoms with E-state index in [4.69, 9.17) is 55.1 Å². The van der Waals surface area contributed by atoms with Crippen LogP contribution in [0.25, 0.3) is 0 Å². The van der Waals surface area contributed by atoms with Crippen LogP contribution < -0.4 is 58.0 Å². The minimum Gasteiger partial charge on any atom is -0.493 e. The molecule has 4 aromatic carbocycles. The molecule has 4 aromatic rings. The Labute approximate surface area is 595 Å². The third kappa shape index (κ3) is 19.0. The van der Waals surface area contributed by atoms with E-state index in [9.17, 15) is 85.6 Å². The summed E-state index contributed by atoms with van der Waals surface area (Å²) in [6.07, 6.45) is -31.2. The minimum atomic E-state index is -2.27. The molecule has 5 aliphatic rings. The molecule has 9 rings (SSSR count). The van der Waals surface area contributed by atoms with Gasteiger partial charge in [0.05, 0.1) is 71.4 Å². The van der Waals surface area contributed by atoms with Crippen LogP contribution in [0.1, 0.15) is 35.1 Å². The molecule has 0 radical (unpaired) electrons. The first-order valence-electron chi connectivity index (χ1n) is 33.3. The van der Waals surface area contributed by atoms with E-state index in [1.54, 1.807) is 55.5 Å². The Morgan fingerprint density at radius 1 is 0.644 bits per heavy atom. The van der Waals surface area contributed by atoms with E-state index >= 15 is 4.79 Å². The second-order valence-corrected chi connectivity index (χ2v) is 25.6. The highest BCUT2D eigenvalue weighted by atomic mass is 16.7. The molecule has 570 valence electrons. The number of hydrogen-bond donors (Lipinski definition) is 21. The van der Waals surface area contributed by atoms with Crippen LogP contribution in [0.5, 0.6) is 17.2 Å². The highest BCUT2D eigenvalue weighted by Crippen LogP contribution is 2.34. The van der Waals surface area contributed by atoms with Gasteiger partial charge in [0.15, 0.2) is 35.9 Å². The molecule has 37 heteroatoms. The van der Waals surface area contributed by atoms with Gasteiger partial charge in [0.25, 0.3) is 0 Å². The van der Waals surface area contributed by atoms with E-state index in [-0.39, 0.29) is 49.9 Å².